The van der Waals surface area contributed by atoms with E-state index in [9.17, 15) is 19.2 Å². The molecule has 0 fully saturated rings. The van der Waals surface area contributed by atoms with Crippen LogP contribution in [0.1, 0.15) is 6.92 Å². The van der Waals surface area contributed by atoms with Gasteiger partial charge in [-0.05, 0) is 0 Å². The number of cyclic esters (lactones) is 2. The van der Waals surface area contributed by atoms with Crippen LogP contribution in [0.2, 0.25) is 0 Å². The summed E-state index contributed by atoms with van der Waals surface area (Å²) in [5.74, 6) is -1.88. The van der Waals surface area contributed by atoms with Crippen molar-refractivity contribution in [3.8, 4) is 0 Å². The average Bonchev–Trinajstić information content (AvgIpc) is 2.73. The van der Waals surface area contributed by atoms with E-state index in [0.29, 0.717) is 0 Å². The monoisotopic (exact) mass is 270 g/mol. The van der Waals surface area contributed by atoms with Gasteiger partial charge in [0.1, 0.15) is 0 Å². The Kier molecular flexibility index (Phi) is 11.6. The Morgan fingerprint density at radius 1 is 1.21 bits per heavy atom. The molecule has 0 radical (unpaired) electrons. The smallest absolute Gasteiger partial charge is 0.338 e. The van der Waals surface area contributed by atoms with Crippen LogP contribution in [0.3, 0.4) is 0 Å². The van der Waals surface area contributed by atoms with Crippen molar-refractivity contribution in [2.24, 2.45) is 0 Å². The van der Waals surface area contributed by atoms with Gasteiger partial charge < -0.3 is 14.2 Å². The molecular formula is C12H14O7. The van der Waals surface area contributed by atoms with E-state index in [-0.39, 0.29) is 5.97 Å². The maximum atomic E-state index is 9.92. The van der Waals surface area contributed by atoms with E-state index in [2.05, 4.69) is 27.4 Å². The van der Waals surface area contributed by atoms with Crippen LogP contribution in [0.25, 0.3) is 0 Å². The standard InChI is InChI=1S/C4H2O3.2C4H6O2/c5-3-1-2-4(6)7-3;1-3-4(5)6-2;1-3-6-4(2)5/h1-2H;2*3H,1H2,2H3. The number of ether oxygens (including phenoxy) is 3. The summed E-state index contributed by atoms with van der Waals surface area (Å²) in [5.41, 5.74) is 0. The van der Waals surface area contributed by atoms with Crippen LogP contribution in [-0.4, -0.2) is 31.0 Å². The van der Waals surface area contributed by atoms with Crippen LogP contribution in [0, 0.1) is 0 Å². The molecule has 7 heteroatoms. The molecule has 0 unspecified atom stereocenters. The van der Waals surface area contributed by atoms with Gasteiger partial charge in [-0.3, -0.25) is 4.79 Å². The summed E-state index contributed by atoms with van der Waals surface area (Å²) in [7, 11) is 1.31. The van der Waals surface area contributed by atoms with Crippen LogP contribution in [0.15, 0.2) is 37.6 Å². The molecule has 7 nitrogen and oxygen atoms in total. The summed E-state index contributed by atoms with van der Waals surface area (Å²) >= 11 is 0. The highest BCUT2D eigenvalue weighted by atomic mass is 16.6. The molecule has 0 atom stereocenters. The summed E-state index contributed by atoms with van der Waals surface area (Å²) in [4.78, 5) is 39.4. The van der Waals surface area contributed by atoms with Crippen molar-refractivity contribution in [1.82, 2.24) is 0 Å². The lowest BCUT2D eigenvalue weighted by molar-refractivity contribution is -0.150. The molecule has 1 aliphatic rings. The topological polar surface area (TPSA) is 96.0 Å². The van der Waals surface area contributed by atoms with Gasteiger partial charge in [0.25, 0.3) is 0 Å². The van der Waals surface area contributed by atoms with Crippen molar-refractivity contribution in [3.63, 3.8) is 0 Å². The third kappa shape index (κ3) is 15.3. The van der Waals surface area contributed by atoms with Gasteiger partial charge >= 0.3 is 23.9 Å². The van der Waals surface area contributed by atoms with Gasteiger partial charge in [0, 0.05) is 25.2 Å². The third-order valence-corrected chi connectivity index (χ3v) is 1.17. The van der Waals surface area contributed by atoms with E-state index in [1.165, 1.54) is 14.0 Å². The van der Waals surface area contributed by atoms with E-state index in [0.717, 1.165) is 24.5 Å². The number of carbonyl (C=O) groups excluding carboxylic acids is 4. The van der Waals surface area contributed by atoms with Crippen LogP contribution in [0.5, 0.6) is 0 Å². The second-order valence-electron chi connectivity index (χ2n) is 2.58. The number of esters is 4. The Labute approximate surface area is 110 Å². The Hall–Kier alpha value is -2.70. The lowest BCUT2D eigenvalue weighted by Gasteiger charge is -1.83. The fourth-order valence-electron chi connectivity index (χ4n) is 0.504. The minimum absolute atomic E-state index is 0.329. The first-order valence-electron chi connectivity index (χ1n) is 4.79. The second kappa shape index (κ2) is 11.8. The van der Waals surface area contributed by atoms with Gasteiger partial charge in [0.05, 0.1) is 13.4 Å². The molecule has 0 spiro atoms. The van der Waals surface area contributed by atoms with Crippen LogP contribution in [-0.2, 0) is 33.4 Å². The van der Waals surface area contributed by atoms with E-state index in [1.54, 1.807) is 0 Å². The normalized spacial score (nSPS) is 10.8. The molecule has 0 N–H and O–H groups in total. The minimum Gasteiger partial charge on any atom is -0.466 e. The molecule has 104 valence electrons. The summed E-state index contributed by atoms with van der Waals surface area (Å²) in [6.45, 7) is 7.64. The van der Waals surface area contributed by atoms with E-state index in [4.69, 9.17) is 0 Å². The van der Waals surface area contributed by atoms with Crippen LogP contribution >= 0.6 is 0 Å². The molecule has 0 saturated carbocycles. The van der Waals surface area contributed by atoms with Gasteiger partial charge in [-0.15, -0.1) is 0 Å². The molecular weight excluding hydrogens is 256 g/mol. The van der Waals surface area contributed by atoms with E-state index >= 15 is 0 Å². The zero-order valence-corrected chi connectivity index (χ0v) is 10.6. The van der Waals surface area contributed by atoms with Crippen molar-refractivity contribution in [2.75, 3.05) is 7.11 Å². The van der Waals surface area contributed by atoms with Crippen molar-refractivity contribution < 1.29 is 33.4 Å². The van der Waals surface area contributed by atoms with E-state index in [1.807, 2.05) is 0 Å². The molecule has 0 aromatic rings. The first-order chi connectivity index (χ1) is 8.87. The van der Waals surface area contributed by atoms with Crippen molar-refractivity contribution in [1.29, 1.82) is 0 Å². The van der Waals surface area contributed by atoms with Gasteiger partial charge in [0.2, 0.25) is 0 Å². The average molecular weight is 270 g/mol. The predicted molar refractivity (Wildman–Crippen MR) is 64.4 cm³/mol. The largest absolute Gasteiger partial charge is 0.466 e. The molecule has 1 heterocycles. The first-order valence-corrected chi connectivity index (χ1v) is 4.79. The molecule has 0 amide bonds. The molecule has 19 heavy (non-hydrogen) atoms. The van der Waals surface area contributed by atoms with Crippen molar-refractivity contribution >= 4 is 23.9 Å². The molecule has 0 aliphatic carbocycles. The summed E-state index contributed by atoms with van der Waals surface area (Å²) in [6.07, 6.45) is 4.38. The first kappa shape index (κ1) is 18.7. The number of carbonyl (C=O) groups is 4. The maximum Gasteiger partial charge on any atom is 0.338 e. The molecule has 0 aromatic carbocycles. The van der Waals surface area contributed by atoms with Crippen molar-refractivity contribution in [2.45, 2.75) is 6.92 Å². The summed E-state index contributed by atoms with van der Waals surface area (Å²) < 4.78 is 12.3. The Morgan fingerprint density at radius 2 is 1.68 bits per heavy atom. The molecule has 0 bridgehead atoms. The van der Waals surface area contributed by atoms with Gasteiger partial charge in [-0.25, -0.2) is 14.4 Å². The van der Waals surface area contributed by atoms with Gasteiger partial charge in [-0.2, -0.15) is 0 Å². The lowest BCUT2D eigenvalue weighted by atomic mass is 10.6. The van der Waals surface area contributed by atoms with Crippen LogP contribution < -0.4 is 0 Å². The maximum absolute atomic E-state index is 9.92. The van der Waals surface area contributed by atoms with Gasteiger partial charge in [0.15, 0.2) is 0 Å². The van der Waals surface area contributed by atoms with Crippen molar-refractivity contribution in [3.05, 3.63) is 37.6 Å². The number of hydrogen-bond acceptors (Lipinski definition) is 7. The number of hydrogen-bond donors (Lipinski definition) is 0. The highest BCUT2D eigenvalue weighted by Gasteiger charge is 2.10. The zero-order valence-electron chi connectivity index (χ0n) is 10.6. The predicted octanol–water partition coefficient (Wildman–Crippen LogP) is 0.664. The number of rotatable bonds is 2. The fourth-order valence-corrected chi connectivity index (χ4v) is 0.504. The minimum atomic E-state index is -0.579. The Balaban J connectivity index is 0. The lowest BCUT2D eigenvalue weighted by Crippen LogP contribution is -1.96. The highest BCUT2D eigenvalue weighted by Crippen LogP contribution is 1.92. The molecule has 0 saturated heterocycles. The Bertz CT molecular complexity index is 377. The highest BCUT2D eigenvalue weighted by molar-refractivity contribution is 6.04. The SMILES string of the molecule is C=CC(=O)OC.C=COC(C)=O.O=C1C=CC(=O)O1. The summed E-state index contributed by atoms with van der Waals surface area (Å²) in [5, 5.41) is 0. The fraction of sp³-hybridized carbons (Fsp3) is 0.167. The molecule has 1 rings (SSSR count). The Morgan fingerprint density at radius 3 is 1.74 bits per heavy atom. The van der Waals surface area contributed by atoms with E-state index < -0.39 is 17.9 Å². The second-order valence-corrected chi connectivity index (χ2v) is 2.58. The number of methoxy groups -OCH3 is 1. The molecule has 1 aliphatic heterocycles. The zero-order chi connectivity index (χ0) is 15.3. The van der Waals surface area contributed by atoms with Gasteiger partial charge in [-0.1, -0.05) is 13.2 Å². The summed E-state index contributed by atoms with van der Waals surface area (Å²) in [6, 6.07) is 0. The quantitative estimate of drug-likeness (QED) is 0.239. The third-order valence-electron chi connectivity index (χ3n) is 1.17. The van der Waals surface area contributed by atoms with Crippen LogP contribution in [0.4, 0.5) is 0 Å². The molecule has 0 aromatic heterocycles.